The van der Waals surface area contributed by atoms with Crippen LogP contribution >= 0.6 is 0 Å². The number of unbranched alkanes of at least 4 members (excludes halogenated alkanes) is 16. The van der Waals surface area contributed by atoms with E-state index in [4.69, 9.17) is 0 Å². The summed E-state index contributed by atoms with van der Waals surface area (Å²) >= 11 is 0. The number of carbonyl (C=O) groups is 1. The number of aldehydes is 1. The van der Waals surface area contributed by atoms with Crippen LogP contribution in [0.3, 0.4) is 0 Å². The Morgan fingerprint density at radius 2 is 0.976 bits per heavy atom. The highest BCUT2D eigenvalue weighted by atomic mass is 16.3. The van der Waals surface area contributed by atoms with Crippen LogP contribution < -0.4 is 10.6 Å². The molecule has 5 heteroatoms. The molecule has 6 atom stereocenters. The molecule has 0 unspecified atom stereocenters. The second-order valence-electron chi connectivity index (χ2n) is 13.6. The van der Waals surface area contributed by atoms with E-state index >= 15 is 0 Å². The van der Waals surface area contributed by atoms with Crippen molar-refractivity contribution < 1.29 is 15.0 Å². The Morgan fingerprint density at radius 1 is 0.585 bits per heavy atom. The number of hydrogen-bond acceptors (Lipinski definition) is 5. The number of aliphatic hydroxyl groups excluding tert-OH is 2. The SMILES string of the molecule is C[C@H]1N[C@@H](CCCCCCCCCCC/C=C(/C=O)CCCCCCCCCC[C@H]2CC[C@@H](O)[C@@H](C)N2)CC[C@H]1O. The molecule has 41 heavy (non-hydrogen) atoms. The van der Waals surface area contributed by atoms with Crippen LogP contribution in [0, 0.1) is 0 Å². The maximum atomic E-state index is 11.5. The Labute approximate surface area is 254 Å². The molecular weight excluding hydrogens is 508 g/mol. The lowest BCUT2D eigenvalue weighted by molar-refractivity contribution is -0.105. The van der Waals surface area contributed by atoms with Crippen molar-refractivity contribution in [3.8, 4) is 0 Å². The van der Waals surface area contributed by atoms with Crippen LogP contribution in [0.25, 0.3) is 0 Å². The van der Waals surface area contributed by atoms with Crippen molar-refractivity contribution in [2.75, 3.05) is 0 Å². The zero-order valence-corrected chi connectivity index (χ0v) is 27.1. The van der Waals surface area contributed by atoms with Gasteiger partial charge in [0.05, 0.1) is 12.2 Å². The minimum atomic E-state index is -0.160. The molecule has 0 aromatic rings. The van der Waals surface area contributed by atoms with Crippen molar-refractivity contribution in [1.82, 2.24) is 10.6 Å². The van der Waals surface area contributed by atoms with Gasteiger partial charge in [0, 0.05) is 24.2 Å². The predicted octanol–water partition coefficient (Wildman–Crippen LogP) is 8.31. The molecule has 2 fully saturated rings. The molecule has 0 aromatic carbocycles. The fourth-order valence-corrected chi connectivity index (χ4v) is 6.88. The standard InChI is InChI=1S/C36H68N2O3/c1-30-35(40)27-25-33(37-30)23-19-15-11-6-4-3-5-9-13-17-21-32(29-39)22-18-14-10-7-8-12-16-20-24-34-26-28-36(41)31(2)38-34/h21,29-31,33-38,40-41H,3-20,22-28H2,1-2H3/b32-21+/t30-,31-,33+,34+,35-,36-/m1/s1. The Balaban J connectivity index is 1.30. The van der Waals surface area contributed by atoms with E-state index in [-0.39, 0.29) is 24.3 Å². The maximum Gasteiger partial charge on any atom is 0.145 e. The first-order valence-electron chi connectivity index (χ1n) is 18.0. The number of hydrogen-bond donors (Lipinski definition) is 4. The Kier molecular flexibility index (Phi) is 21.0. The monoisotopic (exact) mass is 577 g/mol. The lowest BCUT2D eigenvalue weighted by atomic mass is 9.93. The molecule has 240 valence electrons. The van der Waals surface area contributed by atoms with Gasteiger partial charge in [0.15, 0.2) is 0 Å². The second kappa shape index (κ2) is 23.7. The van der Waals surface area contributed by atoms with Gasteiger partial charge < -0.3 is 20.8 Å². The Hall–Kier alpha value is -0.750. The summed E-state index contributed by atoms with van der Waals surface area (Å²) in [7, 11) is 0. The van der Waals surface area contributed by atoms with Crippen molar-refractivity contribution in [3.05, 3.63) is 11.6 Å². The normalized spacial score (nSPS) is 27.3. The third-order valence-corrected chi connectivity index (χ3v) is 9.86. The summed E-state index contributed by atoms with van der Waals surface area (Å²) in [5.41, 5.74) is 1.03. The van der Waals surface area contributed by atoms with Crippen molar-refractivity contribution in [2.24, 2.45) is 0 Å². The van der Waals surface area contributed by atoms with Crippen LogP contribution in [0.15, 0.2) is 11.6 Å². The maximum absolute atomic E-state index is 11.5. The summed E-state index contributed by atoms with van der Waals surface area (Å²) in [5, 5.41) is 26.8. The first kappa shape index (κ1) is 36.4. The van der Waals surface area contributed by atoms with Gasteiger partial charge in [-0.3, -0.25) is 4.79 Å². The van der Waals surface area contributed by atoms with Gasteiger partial charge in [0.25, 0.3) is 0 Å². The van der Waals surface area contributed by atoms with E-state index in [0.717, 1.165) is 56.8 Å². The molecule has 0 bridgehead atoms. The van der Waals surface area contributed by atoms with Crippen LogP contribution in [0.4, 0.5) is 0 Å². The summed E-state index contributed by atoms with van der Waals surface area (Å²) in [6.07, 6.45) is 34.0. The molecule has 2 rings (SSSR count). The molecule has 2 saturated heterocycles. The van der Waals surface area contributed by atoms with Gasteiger partial charge in [0.1, 0.15) is 6.29 Å². The van der Waals surface area contributed by atoms with Crippen LogP contribution in [0.1, 0.15) is 174 Å². The molecule has 2 heterocycles. The zero-order valence-electron chi connectivity index (χ0n) is 27.1. The first-order chi connectivity index (χ1) is 20.0. The summed E-state index contributed by atoms with van der Waals surface area (Å²) in [6, 6.07) is 1.73. The summed E-state index contributed by atoms with van der Waals surface area (Å²) in [5.74, 6) is 0. The van der Waals surface area contributed by atoms with Crippen LogP contribution in [0.5, 0.6) is 0 Å². The van der Waals surface area contributed by atoms with E-state index < -0.39 is 0 Å². The first-order valence-corrected chi connectivity index (χ1v) is 18.0. The average molecular weight is 577 g/mol. The highest BCUT2D eigenvalue weighted by Gasteiger charge is 2.25. The summed E-state index contributed by atoms with van der Waals surface area (Å²) < 4.78 is 0. The molecule has 2 aliphatic rings. The molecule has 4 N–H and O–H groups in total. The molecule has 0 aliphatic carbocycles. The highest BCUT2D eigenvalue weighted by Crippen LogP contribution is 2.20. The summed E-state index contributed by atoms with van der Waals surface area (Å²) in [6.45, 7) is 4.20. The van der Waals surface area contributed by atoms with Gasteiger partial charge >= 0.3 is 0 Å². The number of piperidine rings is 2. The van der Waals surface area contributed by atoms with Crippen molar-refractivity contribution >= 4 is 6.29 Å². The van der Waals surface area contributed by atoms with Gasteiger partial charge in [-0.25, -0.2) is 0 Å². The third kappa shape index (κ3) is 17.8. The van der Waals surface area contributed by atoms with Crippen molar-refractivity contribution in [1.29, 1.82) is 0 Å². The van der Waals surface area contributed by atoms with Crippen LogP contribution in [-0.2, 0) is 4.79 Å². The Bertz CT molecular complexity index is 669. The fourth-order valence-electron chi connectivity index (χ4n) is 6.88. The lowest BCUT2D eigenvalue weighted by Gasteiger charge is -2.32. The van der Waals surface area contributed by atoms with E-state index in [9.17, 15) is 15.0 Å². The number of rotatable bonds is 24. The molecule has 0 spiro atoms. The smallest absolute Gasteiger partial charge is 0.145 e. The van der Waals surface area contributed by atoms with Gasteiger partial charge in [-0.2, -0.15) is 0 Å². The Morgan fingerprint density at radius 3 is 1.39 bits per heavy atom. The molecule has 0 aromatic heterocycles. The van der Waals surface area contributed by atoms with Crippen LogP contribution in [-0.4, -0.2) is 52.9 Å². The van der Waals surface area contributed by atoms with E-state index in [1.54, 1.807) is 0 Å². The minimum Gasteiger partial charge on any atom is -0.392 e. The van der Waals surface area contributed by atoms with Crippen molar-refractivity contribution in [3.63, 3.8) is 0 Å². The molecule has 0 amide bonds. The van der Waals surface area contributed by atoms with Gasteiger partial charge in [-0.05, 0) is 83.6 Å². The molecule has 5 nitrogen and oxygen atoms in total. The predicted molar refractivity (Wildman–Crippen MR) is 174 cm³/mol. The van der Waals surface area contributed by atoms with Crippen LogP contribution in [0.2, 0.25) is 0 Å². The third-order valence-electron chi connectivity index (χ3n) is 9.86. The van der Waals surface area contributed by atoms with E-state index in [1.165, 1.54) is 116 Å². The van der Waals surface area contributed by atoms with Gasteiger partial charge in [0.2, 0.25) is 0 Å². The number of carbonyl (C=O) groups excluding carboxylic acids is 1. The van der Waals surface area contributed by atoms with E-state index in [0.29, 0.717) is 12.1 Å². The minimum absolute atomic E-state index is 0.155. The lowest BCUT2D eigenvalue weighted by Crippen LogP contribution is -2.48. The highest BCUT2D eigenvalue weighted by molar-refractivity contribution is 5.72. The number of allylic oxidation sites excluding steroid dienone is 2. The molecular formula is C36H68N2O3. The van der Waals surface area contributed by atoms with E-state index in [1.807, 2.05) is 0 Å². The largest absolute Gasteiger partial charge is 0.392 e. The van der Waals surface area contributed by atoms with Gasteiger partial charge in [-0.1, -0.05) is 102 Å². The van der Waals surface area contributed by atoms with Crippen molar-refractivity contribution in [2.45, 2.75) is 211 Å². The average Bonchev–Trinajstić information content (AvgIpc) is 2.97. The molecule has 2 aliphatic heterocycles. The second-order valence-corrected chi connectivity index (χ2v) is 13.6. The number of nitrogens with one attached hydrogen (secondary N) is 2. The molecule has 0 radical (unpaired) electrons. The van der Waals surface area contributed by atoms with Gasteiger partial charge in [-0.15, -0.1) is 0 Å². The quantitative estimate of drug-likeness (QED) is 0.0528. The zero-order chi connectivity index (χ0) is 29.5. The van der Waals surface area contributed by atoms with E-state index in [2.05, 4.69) is 30.6 Å². The fraction of sp³-hybridized carbons (Fsp3) is 0.917. The summed E-state index contributed by atoms with van der Waals surface area (Å²) in [4.78, 5) is 11.5. The number of aliphatic hydroxyl groups is 2. The molecule has 0 saturated carbocycles. The topological polar surface area (TPSA) is 81.6 Å².